The molecule has 1 atom stereocenters. The average Bonchev–Trinajstić information content (AvgIpc) is 2.66. The lowest BCUT2D eigenvalue weighted by atomic mass is 10.1. The van der Waals surface area contributed by atoms with Gasteiger partial charge < -0.3 is 11.1 Å². The Kier molecular flexibility index (Phi) is 2.87. The van der Waals surface area contributed by atoms with Crippen molar-refractivity contribution in [2.45, 2.75) is 19.4 Å². The zero-order chi connectivity index (χ0) is 9.97. The minimum Gasteiger partial charge on any atom is -0.398 e. The molecule has 0 aliphatic carbocycles. The Bertz CT molecular complexity index is 319. The summed E-state index contributed by atoms with van der Waals surface area (Å²) < 4.78 is 0. The number of hydrogen-bond donors (Lipinski definition) is 2. The number of nitrogen functional groups attached to an aromatic ring is 1. The van der Waals surface area contributed by atoms with E-state index in [1.54, 1.807) is 0 Å². The molecule has 1 aromatic carbocycles. The van der Waals surface area contributed by atoms with Crippen LogP contribution in [0.4, 0.5) is 11.4 Å². The third-order valence-corrected chi connectivity index (χ3v) is 3.83. The van der Waals surface area contributed by atoms with Crippen LogP contribution in [0.2, 0.25) is 0 Å². The van der Waals surface area contributed by atoms with Gasteiger partial charge in [-0.2, -0.15) is 11.8 Å². The molecule has 1 saturated heterocycles. The molecule has 2 nitrogen and oxygen atoms in total. The predicted molar refractivity (Wildman–Crippen MR) is 64.9 cm³/mol. The van der Waals surface area contributed by atoms with Crippen LogP contribution in [0.3, 0.4) is 0 Å². The fraction of sp³-hybridized carbons (Fsp3) is 0.455. The lowest BCUT2D eigenvalue weighted by Crippen LogP contribution is -2.18. The molecular weight excluding hydrogens is 192 g/mol. The fourth-order valence-corrected chi connectivity index (χ4v) is 2.83. The van der Waals surface area contributed by atoms with Crippen molar-refractivity contribution in [1.82, 2.24) is 0 Å². The van der Waals surface area contributed by atoms with E-state index >= 15 is 0 Å². The van der Waals surface area contributed by atoms with Gasteiger partial charge in [-0.1, -0.05) is 6.07 Å². The topological polar surface area (TPSA) is 38.0 Å². The van der Waals surface area contributed by atoms with Crippen LogP contribution in [0.5, 0.6) is 0 Å². The molecule has 3 N–H and O–H groups in total. The largest absolute Gasteiger partial charge is 0.398 e. The monoisotopic (exact) mass is 208 g/mol. The Morgan fingerprint density at radius 3 is 3.07 bits per heavy atom. The molecule has 14 heavy (non-hydrogen) atoms. The minimum atomic E-state index is 0.625. The van der Waals surface area contributed by atoms with E-state index in [1.807, 2.05) is 23.9 Å². The molecule has 2 rings (SSSR count). The second-order valence-electron chi connectivity index (χ2n) is 3.72. The van der Waals surface area contributed by atoms with Crippen LogP contribution in [0.15, 0.2) is 18.2 Å². The summed E-state index contributed by atoms with van der Waals surface area (Å²) in [6.45, 7) is 2.07. The van der Waals surface area contributed by atoms with Gasteiger partial charge in [-0.05, 0) is 36.8 Å². The molecule has 0 spiro atoms. The highest BCUT2D eigenvalue weighted by atomic mass is 32.2. The van der Waals surface area contributed by atoms with Crippen LogP contribution in [0, 0.1) is 6.92 Å². The van der Waals surface area contributed by atoms with Gasteiger partial charge >= 0.3 is 0 Å². The van der Waals surface area contributed by atoms with Crippen LogP contribution in [0.25, 0.3) is 0 Å². The fourth-order valence-electron chi connectivity index (χ4n) is 1.68. The molecule has 1 aromatic rings. The Hall–Kier alpha value is -0.830. The van der Waals surface area contributed by atoms with Gasteiger partial charge in [0.25, 0.3) is 0 Å². The highest BCUT2D eigenvalue weighted by Crippen LogP contribution is 2.25. The summed E-state index contributed by atoms with van der Waals surface area (Å²) in [5.74, 6) is 2.49. The summed E-state index contributed by atoms with van der Waals surface area (Å²) in [5, 5.41) is 3.55. The standard InChI is InChI=1S/C11H16N2S/c1-8-10(12)3-2-4-11(8)13-9-5-6-14-7-9/h2-4,9,13H,5-7,12H2,1H3. The van der Waals surface area contributed by atoms with E-state index < -0.39 is 0 Å². The minimum absolute atomic E-state index is 0.625. The molecule has 0 saturated carbocycles. The summed E-state index contributed by atoms with van der Waals surface area (Å²) in [5.41, 5.74) is 9.09. The van der Waals surface area contributed by atoms with Gasteiger partial charge in [-0.25, -0.2) is 0 Å². The molecule has 0 aromatic heterocycles. The number of nitrogens with two attached hydrogens (primary N) is 1. The molecule has 0 bridgehead atoms. The summed E-state index contributed by atoms with van der Waals surface area (Å²) in [6.07, 6.45) is 1.26. The van der Waals surface area contributed by atoms with Gasteiger partial charge in [0.2, 0.25) is 0 Å². The van der Waals surface area contributed by atoms with E-state index in [1.165, 1.54) is 29.2 Å². The molecule has 0 amide bonds. The van der Waals surface area contributed by atoms with Crippen molar-refractivity contribution in [1.29, 1.82) is 0 Å². The molecule has 1 aliphatic heterocycles. The Balaban J connectivity index is 2.11. The van der Waals surface area contributed by atoms with Gasteiger partial charge in [0.05, 0.1) is 0 Å². The maximum Gasteiger partial charge on any atom is 0.0393 e. The predicted octanol–water partition coefficient (Wildman–Crippen LogP) is 2.49. The first kappa shape index (κ1) is 9.71. The normalized spacial score (nSPS) is 21.1. The summed E-state index contributed by atoms with van der Waals surface area (Å²) in [7, 11) is 0. The smallest absolute Gasteiger partial charge is 0.0393 e. The third-order valence-electron chi connectivity index (χ3n) is 2.67. The van der Waals surface area contributed by atoms with E-state index in [4.69, 9.17) is 5.73 Å². The lowest BCUT2D eigenvalue weighted by molar-refractivity contribution is 0.812. The van der Waals surface area contributed by atoms with Gasteiger partial charge in [0.1, 0.15) is 0 Å². The van der Waals surface area contributed by atoms with E-state index in [0.717, 1.165) is 5.69 Å². The highest BCUT2D eigenvalue weighted by Gasteiger charge is 2.15. The van der Waals surface area contributed by atoms with E-state index in [-0.39, 0.29) is 0 Å². The Morgan fingerprint density at radius 2 is 2.36 bits per heavy atom. The number of anilines is 2. The summed E-state index contributed by atoms with van der Waals surface area (Å²) in [4.78, 5) is 0. The highest BCUT2D eigenvalue weighted by molar-refractivity contribution is 7.99. The number of thioether (sulfide) groups is 1. The lowest BCUT2D eigenvalue weighted by Gasteiger charge is -2.15. The van der Waals surface area contributed by atoms with Crippen LogP contribution < -0.4 is 11.1 Å². The molecule has 1 heterocycles. The van der Waals surface area contributed by atoms with Crippen LogP contribution in [-0.4, -0.2) is 17.5 Å². The number of benzene rings is 1. The molecule has 1 fully saturated rings. The molecule has 3 heteroatoms. The Morgan fingerprint density at radius 1 is 1.50 bits per heavy atom. The van der Waals surface area contributed by atoms with Gasteiger partial charge in [-0.3, -0.25) is 0 Å². The van der Waals surface area contributed by atoms with Gasteiger partial charge in [0.15, 0.2) is 0 Å². The quantitative estimate of drug-likeness (QED) is 0.733. The average molecular weight is 208 g/mol. The number of nitrogens with one attached hydrogen (secondary N) is 1. The molecule has 76 valence electrons. The Labute approximate surface area is 89.3 Å². The number of hydrogen-bond acceptors (Lipinski definition) is 3. The molecule has 0 radical (unpaired) electrons. The van der Waals surface area contributed by atoms with Crippen LogP contribution >= 0.6 is 11.8 Å². The summed E-state index contributed by atoms with van der Waals surface area (Å²) >= 11 is 2.02. The third kappa shape index (κ3) is 1.98. The van der Waals surface area contributed by atoms with Crippen molar-refractivity contribution in [3.8, 4) is 0 Å². The molecular formula is C11H16N2S. The maximum atomic E-state index is 5.85. The SMILES string of the molecule is Cc1c(N)cccc1NC1CCSC1. The van der Waals surface area contributed by atoms with Crippen LogP contribution in [-0.2, 0) is 0 Å². The van der Waals surface area contributed by atoms with Crippen molar-refractivity contribution in [3.05, 3.63) is 23.8 Å². The second kappa shape index (κ2) is 4.13. The van der Waals surface area contributed by atoms with Crippen molar-refractivity contribution in [2.75, 3.05) is 22.6 Å². The second-order valence-corrected chi connectivity index (χ2v) is 4.87. The van der Waals surface area contributed by atoms with Gasteiger partial charge in [-0.15, -0.1) is 0 Å². The number of rotatable bonds is 2. The van der Waals surface area contributed by atoms with Crippen molar-refractivity contribution in [2.24, 2.45) is 0 Å². The van der Waals surface area contributed by atoms with E-state index in [0.29, 0.717) is 6.04 Å². The van der Waals surface area contributed by atoms with E-state index in [9.17, 15) is 0 Å². The maximum absolute atomic E-state index is 5.85. The van der Waals surface area contributed by atoms with Crippen molar-refractivity contribution >= 4 is 23.1 Å². The zero-order valence-electron chi connectivity index (χ0n) is 8.42. The first-order chi connectivity index (χ1) is 6.77. The zero-order valence-corrected chi connectivity index (χ0v) is 9.23. The van der Waals surface area contributed by atoms with Crippen molar-refractivity contribution in [3.63, 3.8) is 0 Å². The first-order valence-electron chi connectivity index (χ1n) is 4.97. The van der Waals surface area contributed by atoms with Crippen LogP contribution in [0.1, 0.15) is 12.0 Å². The van der Waals surface area contributed by atoms with Gasteiger partial charge in [0, 0.05) is 23.2 Å². The summed E-state index contributed by atoms with van der Waals surface area (Å²) in [6, 6.07) is 6.69. The van der Waals surface area contributed by atoms with Crippen molar-refractivity contribution < 1.29 is 0 Å². The molecule has 1 aliphatic rings. The van der Waals surface area contributed by atoms with E-state index in [2.05, 4.69) is 18.3 Å². The first-order valence-corrected chi connectivity index (χ1v) is 6.12. The molecule has 1 unspecified atom stereocenters.